The first-order valence-electron chi connectivity index (χ1n) is 7.26. The summed E-state index contributed by atoms with van der Waals surface area (Å²) >= 11 is 0. The lowest BCUT2D eigenvalue weighted by Gasteiger charge is -2.32. The second-order valence-corrected chi connectivity index (χ2v) is 5.66. The predicted molar refractivity (Wildman–Crippen MR) is 83.8 cm³/mol. The Morgan fingerprint density at radius 3 is 2.52 bits per heavy atom. The molecule has 3 rings (SSSR count). The number of hydrogen-bond acceptors (Lipinski definition) is 3. The largest absolute Gasteiger partial charge is 0.497 e. The van der Waals surface area contributed by atoms with Gasteiger partial charge >= 0.3 is 0 Å². The van der Waals surface area contributed by atoms with Gasteiger partial charge in [0.1, 0.15) is 17.6 Å². The molecule has 3 heteroatoms. The van der Waals surface area contributed by atoms with E-state index in [2.05, 4.69) is 32.0 Å². The van der Waals surface area contributed by atoms with Crippen LogP contribution in [0.2, 0.25) is 0 Å². The molecular formula is C18H21NO2. The molecule has 3 nitrogen and oxygen atoms in total. The van der Waals surface area contributed by atoms with Crippen LogP contribution >= 0.6 is 0 Å². The average molecular weight is 283 g/mol. The summed E-state index contributed by atoms with van der Waals surface area (Å²) in [7, 11) is 1.66. The van der Waals surface area contributed by atoms with Gasteiger partial charge in [-0.25, -0.2) is 0 Å². The Morgan fingerprint density at radius 2 is 1.86 bits per heavy atom. The van der Waals surface area contributed by atoms with E-state index in [1.54, 1.807) is 7.11 Å². The van der Waals surface area contributed by atoms with Crippen molar-refractivity contribution in [1.82, 2.24) is 0 Å². The van der Waals surface area contributed by atoms with Gasteiger partial charge in [-0.15, -0.1) is 0 Å². The van der Waals surface area contributed by atoms with Crippen LogP contribution in [-0.2, 0) is 0 Å². The summed E-state index contributed by atoms with van der Waals surface area (Å²) in [6.45, 7) is 4.25. The normalized spacial score (nSPS) is 20.6. The van der Waals surface area contributed by atoms with Crippen LogP contribution in [-0.4, -0.2) is 7.11 Å². The SMILES string of the molecule is COc1ccc2c(c1)C(N)CC(c1c(C)cccc1C)O2. The Balaban J connectivity index is 1.99. The van der Waals surface area contributed by atoms with Crippen LogP contribution in [0.25, 0.3) is 0 Å². The molecule has 0 radical (unpaired) electrons. The first-order chi connectivity index (χ1) is 10.1. The topological polar surface area (TPSA) is 44.5 Å². The van der Waals surface area contributed by atoms with E-state index in [-0.39, 0.29) is 12.1 Å². The summed E-state index contributed by atoms with van der Waals surface area (Å²) in [6.07, 6.45) is 0.799. The zero-order chi connectivity index (χ0) is 15.0. The fourth-order valence-corrected chi connectivity index (χ4v) is 3.12. The second kappa shape index (κ2) is 5.41. The molecule has 0 aliphatic carbocycles. The van der Waals surface area contributed by atoms with Crippen molar-refractivity contribution in [2.45, 2.75) is 32.4 Å². The minimum Gasteiger partial charge on any atom is -0.497 e. The molecule has 0 saturated carbocycles. The first kappa shape index (κ1) is 14.0. The van der Waals surface area contributed by atoms with Gasteiger partial charge in [-0.05, 0) is 48.7 Å². The zero-order valence-corrected chi connectivity index (χ0v) is 12.7. The van der Waals surface area contributed by atoms with Crippen LogP contribution in [0, 0.1) is 13.8 Å². The molecule has 0 amide bonds. The van der Waals surface area contributed by atoms with Crippen molar-refractivity contribution >= 4 is 0 Å². The Kier molecular flexibility index (Phi) is 3.60. The van der Waals surface area contributed by atoms with E-state index in [4.69, 9.17) is 15.2 Å². The summed E-state index contributed by atoms with van der Waals surface area (Å²) in [5.74, 6) is 1.68. The lowest BCUT2D eigenvalue weighted by Crippen LogP contribution is -2.25. The summed E-state index contributed by atoms with van der Waals surface area (Å²) in [5, 5.41) is 0. The van der Waals surface area contributed by atoms with Crippen molar-refractivity contribution in [3.63, 3.8) is 0 Å². The average Bonchev–Trinajstić information content (AvgIpc) is 2.47. The molecule has 0 bridgehead atoms. The molecule has 1 aliphatic heterocycles. The zero-order valence-electron chi connectivity index (χ0n) is 12.7. The number of ether oxygens (including phenoxy) is 2. The molecule has 0 aromatic heterocycles. The molecule has 2 unspecified atom stereocenters. The number of rotatable bonds is 2. The van der Waals surface area contributed by atoms with Gasteiger partial charge in [-0.3, -0.25) is 0 Å². The van der Waals surface area contributed by atoms with E-state index < -0.39 is 0 Å². The smallest absolute Gasteiger partial charge is 0.126 e. The van der Waals surface area contributed by atoms with Gasteiger partial charge in [0.25, 0.3) is 0 Å². The van der Waals surface area contributed by atoms with Crippen LogP contribution in [0.4, 0.5) is 0 Å². The number of methoxy groups -OCH3 is 1. The van der Waals surface area contributed by atoms with Crippen molar-refractivity contribution in [3.05, 3.63) is 58.7 Å². The molecule has 21 heavy (non-hydrogen) atoms. The fourth-order valence-electron chi connectivity index (χ4n) is 3.12. The Morgan fingerprint density at radius 1 is 1.14 bits per heavy atom. The second-order valence-electron chi connectivity index (χ2n) is 5.66. The molecule has 2 aromatic rings. The monoisotopic (exact) mass is 283 g/mol. The van der Waals surface area contributed by atoms with Crippen LogP contribution in [0.15, 0.2) is 36.4 Å². The number of benzene rings is 2. The highest BCUT2D eigenvalue weighted by Crippen LogP contribution is 2.42. The van der Waals surface area contributed by atoms with Gasteiger partial charge in [-0.1, -0.05) is 18.2 Å². The van der Waals surface area contributed by atoms with E-state index in [0.29, 0.717) is 0 Å². The minimum absolute atomic E-state index is 0.0158. The number of aryl methyl sites for hydroxylation is 2. The molecule has 0 spiro atoms. The highest BCUT2D eigenvalue weighted by Gasteiger charge is 2.29. The standard InChI is InChI=1S/C18H21NO2/c1-11-5-4-6-12(2)18(11)17-10-15(19)14-9-13(20-3)7-8-16(14)21-17/h4-9,15,17H,10,19H2,1-3H3. The third kappa shape index (κ3) is 2.49. The molecule has 2 aromatic carbocycles. The molecule has 1 heterocycles. The molecule has 1 aliphatic rings. The lowest BCUT2D eigenvalue weighted by atomic mass is 9.89. The summed E-state index contributed by atoms with van der Waals surface area (Å²) in [6, 6.07) is 12.1. The van der Waals surface area contributed by atoms with Crippen molar-refractivity contribution in [1.29, 1.82) is 0 Å². The molecular weight excluding hydrogens is 262 g/mol. The van der Waals surface area contributed by atoms with E-state index in [1.165, 1.54) is 16.7 Å². The van der Waals surface area contributed by atoms with Gasteiger partial charge < -0.3 is 15.2 Å². The minimum atomic E-state index is -0.0344. The maximum atomic E-state index is 6.36. The maximum Gasteiger partial charge on any atom is 0.126 e. The van der Waals surface area contributed by atoms with Gasteiger partial charge in [0.15, 0.2) is 0 Å². The lowest BCUT2D eigenvalue weighted by molar-refractivity contribution is 0.160. The maximum absolute atomic E-state index is 6.36. The van der Waals surface area contributed by atoms with Crippen molar-refractivity contribution < 1.29 is 9.47 Å². The van der Waals surface area contributed by atoms with Gasteiger partial charge in [0.2, 0.25) is 0 Å². The van der Waals surface area contributed by atoms with Crippen molar-refractivity contribution in [3.8, 4) is 11.5 Å². The summed E-state index contributed by atoms with van der Waals surface area (Å²) < 4.78 is 11.5. The molecule has 2 N–H and O–H groups in total. The summed E-state index contributed by atoms with van der Waals surface area (Å²) in [5.41, 5.74) is 11.2. The van der Waals surface area contributed by atoms with Crippen molar-refractivity contribution in [2.24, 2.45) is 5.73 Å². The Labute approximate surface area is 125 Å². The summed E-state index contributed by atoms with van der Waals surface area (Å²) in [4.78, 5) is 0. The van der Waals surface area contributed by atoms with E-state index in [9.17, 15) is 0 Å². The molecule has 2 atom stereocenters. The third-order valence-electron chi connectivity index (χ3n) is 4.22. The van der Waals surface area contributed by atoms with Crippen molar-refractivity contribution in [2.75, 3.05) is 7.11 Å². The van der Waals surface area contributed by atoms with Crippen LogP contribution in [0.1, 0.15) is 40.8 Å². The van der Waals surface area contributed by atoms with Crippen LogP contribution in [0.5, 0.6) is 11.5 Å². The Bertz CT molecular complexity index is 646. The number of hydrogen-bond donors (Lipinski definition) is 1. The number of fused-ring (bicyclic) bond motifs is 1. The highest BCUT2D eigenvalue weighted by atomic mass is 16.5. The quantitative estimate of drug-likeness (QED) is 0.911. The van der Waals surface area contributed by atoms with Crippen LogP contribution < -0.4 is 15.2 Å². The predicted octanol–water partition coefficient (Wildman–Crippen LogP) is 3.84. The molecule has 0 saturated heterocycles. The fraction of sp³-hybridized carbons (Fsp3) is 0.333. The highest BCUT2D eigenvalue weighted by molar-refractivity contribution is 5.45. The first-order valence-corrected chi connectivity index (χ1v) is 7.26. The van der Waals surface area contributed by atoms with E-state index in [0.717, 1.165) is 23.5 Å². The van der Waals surface area contributed by atoms with E-state index in [1.807, 2.05) is 18.2 Å². The number of nitrogens with two attached hydrogens (primary N) is 1. The third-order valence-corrected chi connectivity index (χ3v) is 4.22. The van der Waals surface area contributed by atoms with Gasteiger partial charge in [-0.2, -0.15) is 0 Å². The van der Waals surface area contributed by atoms with Crippen LogP contribution in [0.3, 0.4) is 0 Å². The van der Waals surface area contributed by atoms with Gasteiger partial charge in [0, 0.05) is 18.0 Å². The van der Waals surface area contributed by atoms with E-state index >= 15 is 0 Å². The molecule has 0 fully saturated rings. The van der Waals surface area contributed by atoms with Gasteiger partial charge in [0.05, 0.1) is 7.11 Å². The Hall–Kier alpha value is -2.00. The molecule has 110 valence electrons.